The molecule has 0 unspecified atom stereocenters. The number of aromatic nitrogens is 1. The number of para-hydroxylation sites is 1. The van der Waals surface area contributed by atoms with Crippen LogP contribution in [0.2, 0.25) is 0 Å². The minimum absolute atomic E-state index is 0.202. The van der Waals surface area contributed by atoms with Crippen LogP contribution in [0.5, 0.6) is 0 Å². The fraction of sp³-hybridized carbons (Fsp3) is 0.250. The maximum atomic E-state index is 11.4. The van der Waals surface area contributed by atoms with Gasteiger partial charge < -0.3 is 10.3 Å². The second kappa shape index (κ2) is 6.29. The molecule has 2 aromatic rings. The van der Waals surface area contributed by atoms with Gasteiger partial charge in [0.25, 0.3) is 0 Å². The smallest absolute Gasteiger partial charge is 0.320 e. The van der Waals surface area contributed by atoms with Crippen LogP contribution >= 0.6 is 10.8 Å². The monoisotopic (exact) mass is 314 g/mol. The Kier molecular flexibility index (Phi) is 4.69. The highest BCUT2D eigenvalue weighted by Gasteiger charge is 2.10. The van der Waals surface area contributed by atoms with E-state index in [9.17, 15) is 13.2 Å². The van der Waals surface area contributed by atoms with Crippen molar-refractivity contribution < 1.29 is 17.8 Å². The first-order valence-electron chi connectivity index (χ1n) is 5.89. The van der Waals surface area contributed by atoms with Gasteiger partial charge in [0.2, 0.25) is 5.91 Å². The lowest BCUT2D eigenvalue weighted by atomic mass is 10.1. The van der Waals surface area contributed by atoms with E-state index in [-0.39, 0.29) is 16.5 Å². The number of H-pyrrole nitrogens is 1. The average molecular weight is 314 g/mol. The zero-order valence-corrected chi connectivity index (χ0v) is 12.1. The third kappa shape index (κ3) is 4.26. The lowest BCUT2D eigenvalue weighted by Gasteiger charge is -2.03. The van der Waals surface area contributed by atoms with Crippen LogP contribution in [0.3, 0.4) is 0 Å². The lowest BCUT2D eigenvalue weighted by molar-refractivity contribution is -0.118. The van der Waals surface area contributed by atoms with Crippen LogP contribution in [0.4, 0.5) is 0 Å². The van der Waals surface area contributed by atoms with Gasteiger partial charge in [-0.15, -0.1) is 0 Å². The standard InChI is InChI=1S/C12H14N2O4S2/c15-12(8-19-20(16,17)18)13-6-5-9-7-14-11-4-2-1-3-10(9)11/h1-4,7,14H,5-6,8H2,(H,13,15)(H,16,17,18). The molecule has 8 heteroatoms. The highest BCUT2D eigenvalue weighted by molar-refractivity contribution is 8.70. The normalized spacial score (nSPS) is 11.7. The van der Waals surface area contributed by atoms with Crippen molar-refractivity contribution in [3.05, 3.63) is 36.0 Å². The number of aromatic amines is 1. The quantitative estimate of drug-likeness (QED) is 0.552. The van der Waals surface area contributed by atoms with Crippen LogP contribution in [-0.2, 0) is 20.4 Å². The van der Waals surface area contributed by atoms with Gasteiger partial charge in [-0.05, 0) is 18.1 Å². The van der Waals surface area contributed by atoms with Crippen molar-refractivity contribution in [2.45, 2.75) is 6.42 Å². The second-order valence-corrected chi connectivity index (χ2v) is 7.50. The Morgan fingerprint density at radius 2 is 2.10 bits per heavy atom. The topological polar surface area (TPSA) is 99.3 Å². The van der Waals surface area contributed by atoms with Gasteiger partial charge in [0, 0.05) is 34.4 Å². The van der Waals surface area contributed by atoms with Crippen LogP contribution in [0, 0.1) is 0 Å². The molecule has 2 rings (SSSR count). The summed E-state index contributed by atoms with van der Waals surface area (Å²) in [6, 6.07) is 7.86. The Morgan fingerprint density at radius 1 is 1.35 bits per heavy atom. The van der Waals surface area contributed by atoms with E-state index in [1.165, 1.54) is 0 Å². The van der Waals surface area contributed by atoms with Crippen molar-refractivity contribution in [1.82, 2.24) is 10.3 Å². The maximum Gasteiger partial charge on any atom is 0.320 e. The SMILES string of the molecule is O=C(CSS(=O)(=O)O)NCCc1c[nH]c2ccccc12. The van der Waals surface area contributed by atoms with Gasteiger partial charge in [-0.2, -0.15) is 8.42 Å². The number of hydrogen-bond acceptors (Lipinski definition) is 4. The fourth-order valence-corrected chi connectivity index (χ4v) is 2.98. The Labute approximate surface area is 120 Å². The van der Waals surface area contributed by atoms with E-state index in [4.69, 9.17) is 4.55 Å². The zero-order chi connectivity index (χ0) is 14.6. The highest BCUT2D eigenvalue weighted by Crippen LogP contribution is 2.17. The molecule has 0 aliphatic carbocycles. The molecule has 108 valence electrons. The largest absolute Gasteiger partial charge is 0.361 e. The summed E-state index contributed by atoms with van der Waals surface area (Å²) in [7, 11) is -3.96. The Hall–Kier alpha value is -1.51. The van der Waals surface area contributed by atoms with Crippen LogP contribution in [-0.4, -0.2) is 36.2 Å². The van der Waals surface area contributed by atoms with Gasteiger partial charge >= 0.3 is 9.15 Å². The van der Waals surface area contributed by atoms with E-state index < -0.39 is 15.1 Å². The van der Waals surface area contributed by atoms with E-state index in [1.54, 1.807) is 0 Å². The van der Waals surface area contributed by atoms with Crippen LogP contribution < -0.4 is 5.32 Å². The van der Waals surface area contributed by atoms with E-state index >= 15 is 0 Å². The highest BCUT2D eigenvalue weighted by atomic mass is 33.1. The first-order chi connectivity index (χ1) is 9.46. The molecule has 0 atom stereocenters. The molecule has 1 aromatic carbocycles. The molecule has 3 N–H and O–H groups in total. The molecule has 1 amide bonds. The van der Waals surface area contributed by atoms with Gasteiger partial charge in [-0.25, -0.2) is 0 Å². The summed E-state index contributed by atoms with van der Waals surface area (Å²) in [5, 5.41) is 3.71. The summed E-state index contributed by atoms with van der Waals surface area (Å²) in [6.07, 6.45) is 2.54. The number of nitrogens with one attached hydrogen (secondary N) is 2. The summed E-state index contributed by atoms with van der Waals surface area (Å²) in [5.74, 6) is -0.736. The van der Waals surface area contributed by atoms with Crippen LogP contribution in [0.25, 0.3) is 10.9 Å². The molecule has 0 saturated heterocycles. The van der Waals surface area contributed by atoms with Crippen LogP contribution in [0.15, 0.2) is 30.5 Å². The summed E-state index contributed by atoms with van der Waals surface area (Å²) in [6.45, 7) is 0.409. The number of hydrogen-bond donors (Lipinski definition) is 3. The van der Waals surface area contributed by atoms with Gasteiger partial charge in [0.05, 0.1) is 5.75 Å². The molecule has 0 bridgehead atoms. The number of carbonyl (C=O) groups excluding carboxylic acids is 1. The van der Waals surface area contributed by atoms with Gasteiger partial charge in [0.15, 0.2) is 0 Å². The molecule has 6 nitrogen and oxygen atoms in total. The van der Waals surface area contributed by atoms with Crippen molar-refractivity contribution >= 4 is 36.8 Å². The summed E-state index contributed by atoms with van der Waals surface area (Å²) >= 11 is 0. The van der Waals surface area contributed by atoms with Crippen molar-refractivity contribution in [2.75, 3.05) is 12.3 Å². The van der Waals surface area contributed by atoms with Crippen molar-refractivity contribution in [1.29, 1.82) is 0 Å². The Balaban J connectivity index is 1.83. The van der Waals surface area contributed by atoms with Crippen molar-refractivity contribution in [2.24, 2.45) is 0 Å². The molecule has 0 aliphatic heterocycles. The Bertz CT molecular complexity index is 709. The number of fused-ring (bicyclic) bond motifs is 1. The minimum Gasteiger partial charge on any atom is -0.361 e. The van der Waals surface area contributed by atoms with E-state index in [0.29, 0.717) is 13.0 Å². The predicted molar refractivity (Wildman–Crippen MR) is 79.0 cm³/mol. The third-order valence-corrected chi connectivity index (χ3v) is 4.66. The number of amides is 1. The molecule has 0 radical (unpaired) electrons. The Morgan fingerprint density at radius 3 is 2.85 bits per heavy atom. The minimum atomic E-state index is -4.17. The lowest BCUT2D eigenvalue weighted by Crippen LogP contribution is -2.27. The van der Waals surface area contributed by atoms with E-state index in [2.05, 4.69) is 10.3 Å². The maximum absolute atomic E-state index is 11.4. The second-order valence-electron chi connectivity index (χ2n) is 4.15. The summed E-state index contributed by atoms with van der Waals surface area (Å²) in [4.78, 5) is 14.5. The molecule has 0 aliphatic rings. The fourth-order valence-electron chi connectivity index (χ4n) is 1.85. The van der Waals surface area contributed by atoms with Gasteiger partial charge in [0.1, 0.15) is 0 Å². The van der Waals surface area contributed by atoms with Gasteiger partial charge in [-0.3, -0.25) is 9.35 Å². The molecule has 20 heavy (non-hydrogen) atoms. The van der Waals surface area contributed by atoms with Crippen LogP contribution in [0.1, 0.15) is 5.56 Å². The summed E-state index contributed by atoms with van der Waals surface area (Å²) in [5.41, 5.74) is 2.12. The van der Waals surface area contributed by atoms with Crippen molar-refractivity contribution in [3.8, 4) is 0 Å². The first kappa shape index (κ1) is 14.9. The molecular formula is C12H14N2O4S2. The third-order valence-electron chi connectivity index (χ3n) is 2.73. The predicted octanol–water partition coefficient (Wildman–Crippen LogP) is 1.36. The first-order valence-corrected chi connectivity index (χ1v) is 8.83. The van der Waals surface area contributed by atoms with Gasteiger partial charge in [-0.1, -0.05) is 18.2 Å². The van der Waals surface area contributed by atoms with E-state index in [1.807, 2.05) is 30.5 Å². The molecule has 0 fully saturated rings. The molecule has 0 saturated carbocycles. The molecule has 1 aromatic heterocycles. The average Bonchev–Trinajstić information content (AvgIpc) is 2.79. The molecular weight excluding hydrogens is 300 g/mol. The van der Waals surface area contributed by atoms with Crippen molar-refractivity contribution in [3.63, 3.8) is 0 Å². The molecule has 1 heterocycles. The molecule has 0 spiro atoms. The number of carbonyl (C=O) groups is 1. The van der Waals surface area contributed by atoms with E-state index in [0.717, 1.165) is 16.5 Å². The zero-order valence-electron chi connectivity index (χ0n) is 10.5. The summed E-state index contributed by atoms with van der Waals surface area (Å²) < 4.78 is 29.5. The number of benzene rings is 1. The number of rotatable bonds is 6.